The van der Waals surface area contributed by atoms with E-state index in [1.54, 1.807) is 72.8 Å². The molecule has 0 bridgehead atoms. The SMILES string of the molecule is COc1ccc(OC[C@@H](C(=O)N[C@@H](Cc2cccc(Cl)c2)C(=O)N[C@H](C(=O)C(F)(F)F)C(C)C)c2ccc(Cl)cc2)cc1. The van der Waals surface area contributed by atoms with Crippen molar-refractivity contribution < 1.29 is 37.0 Å². The minimum Gasteiger partial charge on any atom is -0.497 e. The quantitative estimate of drug-likeness (QED) is 0.234. The van der Waals surface area contributed by atoms with Gasteiger partial charge in [-0.25, -0.2) is 0 Å². The maximum atomic E-state index is 13.7. The normalized spacial score (nSPS) is 13.5. The zero-order valence-corrected chi connectivity index (χ0v) is 25.1. The lowest BCUT2D eigenvalue weighted by Crippen LogP contribution is -2.56. The molecular formula is C31H31Cl2F3N2O5. The minimum absolute atomic E-state index is 0.115. The Balaban J connectivity index is 1.90. The van der Waals surface area contributed by atoms with Gasteiger partial charge < -0.3 is 20.1 Å². The summed E-state index contributed by atoms with van der Waals surface area (Å²) in [7, 11) is 1.52. The number of rotatable bonds is 13. The summed E-state index contributed by atoms with van der Waals surface area (Å²) in [5.41, 5.74) is 1.05. The molecule has 3 aromatic rings. The first-order chi connectivity index (χ1) is 20.3. The van der Waals surface area contributed by atoms with Crippen molar-refractivity contribution in [1.29, 1.82) is 0 Å². The predicted octanol–water partition coefficient (Wildman–Crippen LogP) is 6.16. The Morgan fingerprint density at radius 1 is 0.837 bits per heavy atom. The molecular weight excluding hydrogens is 608 g/mol. The number of methoxy groups -OCH3 is 1. The lowest BCUT2D eigenvalue weighted by molar-refractivity contribution is -0.175. The Morgan fingerprint density at radius 3 is 2.02 bits per heavy atom. The van der Waals surface area contributed by atoms with Crippen LogP contribution in [0.2, 0.25) is 10.0 Å². The lowest BCUT2D eigenvalue weighted by Gasteiger charge is -2.27. The van der Waals surface area contributed by atoms with Gasteiger partial charge in [0.25, 0.3) is 5.78 Å². The largest absolute Gasteiger partial charge is 0.497 e. The van der Waals surface area contributed by atoms with E-state index in [1.807, 2.05) is 0 Å². The molecule has 0 spiro atoms. The zero-order valence-electron chi connectivity index (χ0n) is 23.6. The number of nitrogens with one attached hydrogen (secondary N) is 2. The highest BCUT2D eigenvalue weighted by Gasteiger charge is 2.45. The summed E-state index contributed by atoms with van der Waals surface area (Å²) >= 11 is 12.1. The minimum atomic E-state index is -5.16. The van der Waals surface area contributed by atoms with E-state index in [1.165, 1.54) is 21.0 Å². The summed E-state index contributed by atoms with van der Waals surface area (Å²) < 4.78 is 50.9. The monoisotopic (exact) mass is 638 g/mol. The zero-order chi connectivity index (χ0) is 31.7. The molecule has 0 aromatic heterocycles. The molecule has 0 heterocycles. The van der Waals surface area contributed by atoms with Crippen LogP contribution in [-0.4, -0.2) is 49.6 Å². The Hall–Kier alpha value is -3.76. The standard InChI is InChI=1S/C31H31Cl2F3N2O5/c1-18(2)27(28(39)31(34,35)36)38-30(41)26(16-19-5-4-6-22(33)15-19)37-29(40)25(20-7-9-21(32)10-8-20)17-43-24-13-11-23(42-3)12-14-24/h4-15,18,25-27H,16-17H2,1-3H3,(H,37,40)(H,38,41)/t25-,26+,27+/m1/s1. The van der Waals surface area contributed by atoms with Crippen LogP contribution in [0.5, 0.6) is 11.5 Å². The second-order valence-corrected chi connectivity index (χ2v) is 11.0. The van der Waals surface area contributed by atoms with Crippen LogP contribution in [-0.2, 0) is 20.8 Å². The van der Waals surface area contributed by atoms with Crippen molar-refractivity contribution in [3.05, 3.63) is 94.0 Å². The fourth-order valence-electron chi connectivity index (χ4n) is 4.22. The molecule has 0 fully saturated rings. The molecule has 0 aliphatic heterocycles. The van der Waals surface area contributed by atoms with E-state index in [-0.39, 0.29) is 13.0 Å². The maximum absolute atomic E-state index is 13.7. The number of amides is 2. The van der Waals surface area contributed by atoms with Crippen molar-refractivity contribution >= 4 is 40.8 Å². The van der Waals surface area contributed by atoms with E-state index in [2.05, 4.69) is 10.6 Å². The number of hydrogen-bond acceptors (Lipinski definition) is 5. The molecule has 3 rings (SSSR count). The number of Topliss-reactive ketones (excluding diaryl/α,β-unsaturated/α-hetero) is 1. The first-order valence-corrected chi connectivity index (χ1v) is 14.0. The fourth-order valence-corrected chi connectivity index (χ4v) is 4.56. The van der Waals surface area contributed by atoms with Gasteiger partial charge in [0.1, 0.15) is 24.1 Å². The van der Waals surface area contributed by atoms with Crippen LogP contribution in [0.25, 0.3) is 0 Å². The van der Waals surface area contributed by atoms with Crippen LogP contribution in [0, 0.1) is 5.92 Å². The second-order valence-electron chi connectivity index (χ2n) is 10.1. The van der Waals surface area contributed by atoms with Crippen molar-refractivity contribution in [3.63, 3.8) is 0 Å². The molecule has 0 unspecified atom stereocenters. The van der Waals surface area contributed by atoms with Gasteiger partial charge in [-0.3, -0.25) is 14.4 Å². The van der Waals surface area contributed by atoms with Gasteiger partial charge in [0.15, 0.2) is 0 Å². The summed E-state index contributed by atoms with van der Waals surface area (Å²) in [4.78, 5) is 39.2. The Labute approximate surface area is 257 Å². The second kappa shape index (κ2) is 15.1. The summed E-state index contributed by atoms with van der Waals surface area (Å²) in [6.07, 6.45) is -5.28. The number of benzene rings is 3. The van der Waals surface area contributed by atoms with Crippen LogP contribution < -0.4 is 20.1 Å². The van der Waals surface area contributed by atoms with Gasteiger partial charge in [-0.1, -0.05) is 61.3 Å². The molecule has 7 nitrogen and oxygen atoms in total. The average molecular weight is 639 g/mol. The number of carbonyl (C=O) groups excluding carboxylic acids is 3. The van der Waals surface area contributed by atoms with Crippen molar-refractivity contribution in [2.75, 3.05) is 13.7 Å². The van der Waals surface area contributed by atoms with Gasteiger partial charge in [-0.2, -0.15) is 13.2 Å². The van der Waals surface area contributed by atoms with Crippen molar-refractivity contribution in [2.24, 2.45) is 5.92 Å². The topological polar surface area (TPSA) is 93.7 Å². The van der Waals surface area contributed by atoms with Gasteiger partial charge in [-0.05, 0) is 65.6 Å². The summed E-state index contributed by atoms with van der Waals surface area (Å²) in [5.74, 6) is -4.45. The number of alkyl halides is 3. The third kappa shape index (κ3) is 9.90. The van der Waals surface area contributed by atoms with Gasteiger partial charge in [0.05, 0.1) is 19.1 Å². The molecule has 3 atom stereocenters. The van der Waals surface area contributed by atoms with Crippen molar-refractivity contribution in [2.45, 2.75) is 44.4 Å². The highest BCUT2D eigenvalue weighted by atomic mass is 35.5. The van der Waals surface area contributed by atoms with Gasteiger partial charge >= 0.3 is 6.18 Å². The van der Waals surface area contributed by atoms with Crippen LogP contribution in [0.15, 0.2) is 72.8 Å². The predicted molar refractivity (Wildman–Crippen MR) is 158 cm³/mol. The average Bonchev–Trinajstić information content (AvgIpc) is 2.95. The molecule has 0 aliphatic rings. The molecule has 2 N–H and O–H groups in total. The maximum Gasteiger partial charge on any atom is 0.452 e. The molecule has 3 aromatic carbocycles. The lowest BCUT2D eigenvalue weighted by atomic mass is 9.96. The van der Waals surface area contributed by atoms with Crippen molar-refractivity contribution in [1.82, 2.24) is 10.6 Å². The molecule has 0 aliphatic carbocycles. The first-order valence-electron chi connectivity index (χ1n) is 13.3. The van der Waals surface area contributed by atoms with E-state index < -0.39 is 47.7 Å². The van der Waals surface area contributed by atoms with Crippen molar-refractivity contribution in [3.8, 4) is 11.5 Å². The van der Waals surface area contributed by atoms with Gasteiger partial charge in [-0.15, -0.1) is 0 Å². The summed E-state index contributed by atoms with van der Waals surface area (Å²) in [6.45, 7) is 2.62. The van der Waals surface area contributed by atoms with E-state index in [0.717, 1.165) is 0 Å². The third-order valence-electron chi connectivity index (χ3n) is 6.55. The molecule has 43 heavy (non-hydrogen) atoms. The molecule has 0 saturated carbocycles. The highest BCUT2D eigenvalue weighted by Crippen LogP contribution is 2.24. The smallest absolute Gasteiger partial charge is 0.452 e. The van der Waals surface area contributed by atoms with E-state index in [4.69, 9.17) is 32.7 Å². The molecule has 2 amide bonds. The number of ketones is 1. The highest BCUT2D eigenvalue weighted by molar-refractivity contribution is 6.30. The van der Waals surface area contributed by atoms with E-state index in [0.29, 0.717) is 32.7 Å². The number of carbonyl (C=O) groups is 3. The van der Waals surface area contributed by atoms with E-state index in [9.17, 15) is 27.6 Å². The van der Waals surface area contributed by atoms with E-state index >= 15 is 0 Å². The molecule has 230 valence electrons. The van der Waals surface area contributed by atoms with Gasteiger partial charge in [0.2, 0.25) is 11.8 Å². The first kappa shape index (κ1) is 33.7. The molecule has 12 heteroatoms. The van der Waals surface area contributed by atoms with Crippen LogP contribution in [0.3, 0.4) is 0 Å². The molecule has 0 radical (unpaired) electrons. The Bertz CT molecular complexity index is 1400. The van der Waals surface area contributed by atoms with Crippen LogP contribution >= 0.6 is 23.2 Å². The van der Waals surface area contributed by atoms with Crippen LogP contribution in [0.1, 0.15) is 30.9 Å². The summed E-state index contributed by atoms with van der Waals surface area (Å²) in [6, 6.07) is 16.4. The summed E-state index contributed by atoms with van der Waals surface area (Å²) in [5, 5.41) is 5.66. The van der Waals surface area contributed by atoms with Crippen LogP contribution in [0.4, 0.5) is 13.2 Å². The fraction of sp³-hybridized carbons (Fsp3) is 0.323. The van der Waals surface area contributed by atoms with Gasteiger partial charge in [0, 0.05) is 16.5 Å². The number of ether oxygens (including phenoxy) is 2. The Kier molecular flexibility index (Phi) is 11.9. The third-order valence-corrected chi connectivity index (χ3v) is 7.04. The molecule has 0 saturated heterocycles. The Morgan fingerprint density at radius 2 is 1.47 bits per heavy atom. The number of hydrogen-bond donors (Lipinski definition) is 2. The number of halogens is 5.